The quantitative estimate of drug-likeness (QED) is 0.872. The highest BCUT2D eigenvalue weighted by atomic mass is 32.2. The van der Waals surface area contributed by atoms with Crippen molar-refractivity contribution >= 4 is 10.0 Å². The van der Waals surface area contributed by atoms with Crippen molar-refractivity contribution in [2.75, 3.05) is 13.7 Å². The SMILES string of the molecule is COC(C)CNS(=O)(=O)c1cc(F)cc(F)c1. The van der Waals surface area contributed by atoms with Gasteiger partial charge in [-0.1, -0.05) is 0 Å². The highest BCUT2D eigenvalue weighted by molar-refractivity contribution is 7.89. The number of hydrogen-bond acceptors (Lipinski definition) is 3. The van der Waals surface area contributed by atoms with E-state index >= 15 is 0 Å². The van der Waals surface area contributed by atoms with E-state index in [4.69, 9.17) is 4.74 Å². The predicted octanol–water partition coefficient (Wildman–Crippen LogP) is 1.28. The van der Waals surface area contributed by atoms with E-state index in [9.17, 15) is 17.2 Å². The van der Waals surface area contributed by atoms with Crippen LogP contribution in [-0.2, 0) is 14.8 Å². The van der Waals surface area contributed by atoms with Crippen LogP contribution in [0, 0.1) is 11.6 Å². The summed E-state index contributed by atoms with van der Waals surface area (Å²) in [5.41, 5.74) is 0. The van der Waals surface area contributed by atoms with Gasteiger partial charge >= 0.3 is 0 Å². The molecule has 0 bridgehead atoms. The first-order valence-corrected chi connectivity index (χ1v) is 6.32. The van der Waals surface area contributed by atoms with Gasteiger partial charge in [0.2, 0.25) is 10.0 Å². The summed E-state index contributed by atoms with van der Waals surface area (Å²) in [6.45, 7) is 1.69. The smallest absolute Gasteiger partial charge is 0.240 e. The number of benzene rings is 1. The minimum absolute atomic E-state index is 0.0248. The van der Waals surface area contributed by atoms with Crippen LogP contribution in [0.1, 0.15) is 6.92 Å². The summed E-state index contributed by atoms with van der Waals surface area (Å²) >= 11 is 0. The average molecular weight is 265 g/mol. The molecule has 17 heavy (non-hydrogen) atoms. The zero-order chi connectivity index (χ0) is 13.1. The maximum absolute atomic E-state index is 12.9. The third kappa shape index (κ3) is 4.03. The van der Waals surface area contributed by atoms with E-state index in [0.29, 0.717) is 6.07 Å². The summed E-state index contributed by atoms with van der Waals surface area (Å²) < 4.78 is 56.1. The van der Waals surface area contributed by atoms with Crippen molar-refractivity contribution in [3.05, 3.63) is 29.8 Å². The molecule has 0 aliphatic rings. The van der Waals surface area contributed by atoms with Crippen molar-refractivity contribution in [3.63, 3.8) is 0 Å². The summed E-state index contributed by atoms with van der Waals surface area (Å²) in [5, 5.41) is 0. The molecule has 0 aliphatic carbocycles. The molecule has 4 nitrogen and oxygen atoms in total. The van der Waals surface area contributed by atoms with Crippen molar-refractivity contribution in [3.8, 4) is 0 Å². The van der Waals surface area contributed by atoms with Crippen molar-refractivity contribution in [1.82, 2.24) is 4.72 Å². The first-order valence-electron chi connectivity index (χ1n) is 4.83. The van der Waals surface area contributed by atoms with Gasteiger partial charge in [0, 0.05) is 19.7 Å². The standard InChI is InChI=1S/C10H13F2NO3S/c1-7(16-2)6-13-17(14,15)10-4-8(11)3-9(12)5-10/h3-5,7,13H,6H2,1-2H3. The lowest BCUT2D eigenvalue weighted by atomic mass is 10.3. The lowest BCUT2D eigenvalue weighted by Crippen LogP contribution is -2.31. The molecular formula is C10H13F2NO3S. The molecule has 1 rings (SSSR count). The number of hydrogen-bond donors (Lipinski definition) is 1. The molecule has 1 aromatic rings. The second-order valence-electron chi connectivity index (χ2n) is 3.50. The van der Waals surface area contributed by atoms with Gasteiger partial charge in [-0.05, 0) is 19.1 Å². The van der Waals surface area contributed by atoms with Gasteiger partial charge in [-0.15, -0.1) is 0 Å². The molecule has 0 aromatic heterocycles. The van der Waals surface area contributed by atoms with Crippen LogP contribution < -0.4 is 4.72 Å². The Morgan fingerprint density at radius 1 is 1.29 bits per heavy atom. The molecule has 0 amide bonds. The molecule has 0 radical (unpaired) electrons. The number of methoxy groups -OCH3 is 1. The van der Waals surface area contributed by atoms with E-state index in [1.165, 1.54) is 7.11 Å². The van der Waals surface area contributed by atoms with Gasteiger partial charge in [-0.3, -0.25) is 0 Å². The lowest BCUT2D eigenvalue weighted by Gasteiger charge is -2.11. The van der Waals surface area contributed by atoms with E-state index in [-0.39, 0.29) is 12.6 Å². The minimum Gasteiger partial charge on any atom is -0.380 e. The molecule has 0 fully saturated rings. The summed E-state index contributed by atoms with van der Waals surface area (Å²) in [6.07, 6.45) is -0.330. The summed E-state index contributed by atoms with van der Waals surface area (Å²) in [5.74, 6) is -1.88. The maximum atomic E-state index is 12.9. The van der Waals surface area contributed by atoms with Crippen LogP contribution in [-0.4, -0.2) is 28.2 Å². The molecule has 1 unspecified atom stereocenters. The minimum atomic E-state index is -3.92. The Morgan fingerprint density at radius 2 is 1.82 bits per heavy atom. The summed E-state index contributed by atoms with van der Waals surface area (Å²) in [7, 11) is -2.49. The zero-order valence-corrected chi connectivity index (χ0v) is 10.2. The lowest BCUT2D eigenvalue weighted by molar-refractivity contribution is 0.122. The van der Waals surface area contributed by atoms with Crippen molar-refractivity contribution in [1.29, 1.82) is 0 Å². The Bertz CT molecular complexity index is 470. The molecular weight excluding hydrogens is 252 g/mol. The molecule has 96 valence electrons. The molecule has 0 saturated carbocycles. The fraction of sp³-hybridized carbons (Fsp3) is 0.400. The second kappa shape index (κ2) is 5.52. The molecule has 0 saturated heterocycles. The van der Waals surface area contributed by atoms with Crippen LogP contribution >= 0.6 is 0 Å². The third-order valence-electron chi connectivity index (χ3n) is 2.11. The van der Waals surface area contributed by atoms with Gasteiger partial charge in [0.1, 0.15) is 11.6 Å². The van der Waals surface area contributed by atoms with E-state index < -0.39 is 26.6 Å². The molecule has 1 aromatic carbocycles. The van der Waals surface area contributed by atoms with E-state index in [1.807, 2.05) is 0 Å². The number of sulfonamides is 1. The van der Waals surface area contributed by atoms with E-state index in [2.05, 4.69) is 4.72 Å². The van der Waals surface area contributed by atoms with Crippen LogP contribution in [0.15, 0.2) is 23.1 Å². The molecule has 0 aliphatic heterocycles. The average Bonchev–Trinajstić information content (AvgIpc) is 2.24. The van der Waals surface area contributed by atoms with E-state index in [1.54, 1.807) is 6.92 Å². The normalized spacial score (nSPS) is 13.6. The number of nitrogens with one attached hydrogen (secondary N) is 1. The Labute approximate surface area is 98.6 Å². The van der Waals surface area contributed by atoms with Crippen LogP contribution in [0.2, 0.25) is 0 Å². The summed E-state index contributed by atoms with van der Waals surface area (Å²) in [6, 6.07) is 2.11. The first kappa shape index (κ1) is 14.0. The van der Waals surface area contributed by atoms with Gasteiger partial charge in [0.25, 0.3) is 0 Å². The Kier molecular flexibility index (Phi) is 4.55. The molecule has 7 heteroatoms. The number of rotatable bonds is 5. The van der Waals surface area contributed by atoms with E-state index in [0.717, 1.165) is 12.1 Å². The first-order chi connectivity index (χ1) is 7.85. The molecule has 1 atom stereocenters. The fourth-order valence-electron chi connectivity index (χ4n) is 1.08. The van der Waals surface area contributed by atoms with Gasteiger partial charge in [-0.2, -0.15) is 0 Å². The van der Waals surface area contributed by atoms with Crippen LogP contribution in [0.25, 0.3) is 0 Å². The van der Waals surface area contributed by atoms with Crippen LogP contribution in [0.3, 0.4) is 0 Å². The fourth-order valence-corrected chi connectivity index (χ4v) is 2.23. The van der Waals surface area contributed by atoms with Crippen LogP contribution in [0.4, 0.5) is 8.78 Å². The highest BCUT2D eigenvalue weighted by Gasteiger charge is 2.17. The highest BCUT2D eigenvalue weighted by Crippen LogP contribution is 2.13. The maximum Gasteiger partial charge on any atom is 0.240 e. The second-order valence-corrected chi connectivity index (χ2v) is 5.27. The largest absolute Gasteiger partial charge is 0.380 e. The number of halogens is 2. The Morgan fingerprint density at radius 3 is 2.29 bits per heavy atom. The molecule has 0 heterocycles. The summed E-state index contributed by atoms with van der Waals surface area (Å²) in [4.78, 5) is -0.446. The van der Waals surface area contributed by atoms with Crippen LogP contribution in [0.5, 0.6) is 0 Å². The van der Waals surface area contributed by atoms with Crippen molar-refractivity contribution in [2.24, 2.45) is 0 Å². The monoisotopic (exact) mass is 265 g/mol. The Balaban J connectivity index is 2.89. The van der Waals surface area contributed by atoms with Crippen molar-refractivity contribution < 1.29 is 21.9 Å². The third-order valence-corrected chi connectivity index (χ3v) is 3.51. The topological polar surface area (TPSA) is 55.4 Å². The van der Waals surface area contributed by atoms with Crippen molar-refractivity contribution in [2.45, 2.75) is 17.9 Å². The van der Waals surface area contributed by atoms with Gasteiger partial charge in [0.15, 0.2) is 0 Å². The van der Waals surface area contributed by atoms with Gasteiger partial charge < -0.3 is 4.74 Å². The van der Waals surface area contributed by atoms with Gasteiger partial charge in [0.05, 0.1) is 11.0 Å². The predicted molar refractivity (Wildman–Crippen MR) is 58.0 cm³/mol. The zero-order valence-electron chi connectivity index (χ0n) is 9.41. The molecule has 1 N–H and O–H groups in total. The Hall–Kier alpha value is -1.05. The number of ether oxygens (including phenoxy) is 1. The molecule has 0 spiro atoms. The van der Waals surface area contributed by atoms with Gasteiger partial charge in [-0.25, -0.2) is 21.9 Å².